The quantitative estimate of drug-likeness (QED) is 0.661. The molecule has 0 aliphatic carbocycles. The molecule has 0 radical (unpaired) electrons. The van der Waals surface area contributed by atoms with E-state index in [1.807, 2.05) is 6.07 Å². The van der Waals surface area contributed by atoms with Gasteiger partial charge >= 0.3 is 0 Å². The fourth-order valence-corrected chi connectivity index (χ4v) is 4.04. The molecule has 0 aromatic carbocycles. The Morgan fingerprint density at radius 1 is 1.40 bits per heavy atom. The lowest BCUT2D eigenvalue weighted by Gasteiger charge is -2.11. The second-order valence-corrected chi connectivity index (χ2v) is 9.16. The Balaban J connectivity index is 3.05. The molecule has 0 aliphatic rings. The molecular weight excluding hydrogens is 208 g/mol. The van der Waals surface area contributed by atoms with Crippen molar-refractivity contribution in [2.24, 2.45) is 0 Å². The van der Waals surface area contributed by atoms with E-state index in [-0.39, 0.29) is 0 Å². The van der Waals surface area contributed by atoms with E-state index in [1.54, 1.807) is 6.26 Å². The molecule has 0 spiro atoms. The third-order valence-corrected chi connectivity index (χ3v) is 4.04. The topological polar surface area (TPSA) is 13.1 Å². The van der Waals surface area contributed by atoms with Gasteiger partial charge < -0.3 is 4.42 Å². The second-order valence-electron chi connectivity index (χ2n) is 3.35. The van der Waals surface area contributed by atoms with Crippen LogP contribution in [0, 0.1) is 0 Å². The molecule has 1 rings (SSSR count). The molecule has 1 aromatic heterocycles. The zero-order valence-electron chi connectivity index (χ0n) is 6.44. The first kappa shape index (κ1) is 8.08. The molecule has 3 heteroatoms. The molecular formula is C7H11BrOSi. The first-order valence-corrected chi connectivity index (χ1v) is 7.54. The van der Waals surface area contributed by atoms with Crippen LogP contribution >= 0.6 is 15.9 Å². The van der Waals surface area contributed by atoms with E-state index in [1.165, 1.54) is 0 Å². The van der Waals surface area contributed by atoms with Gasteiger partial charge in [0.25, 0.3) is 0 Å². The maximum absolute atomic E-state index is 5.34. The minimum absolute atomic E-state index is 1.12. The van der Waals surface area contributed by atoms with Gasteiger partial charge in [0.15, 0.2) is 0 Å². The van der Waals surface area contributed by atoms with Crippen molar-refractivity contribution in [3.63, 3.8) is 0 Å². The third kappa shape index (κ3) is 1.52. The number of hydrogen-bond donors (Lipinski definition) is 0. The van der Waals surface area contributed by atoms with Gasteiger partial charge in [-0.1, -0.05) is 19.6 Å². The molecule has 0 atom stereocenters. The Kier molecular flexibility index (Phi) is 2.06. The normalized spacial score (nSPS) is 12.0. The van der Waals surface area contributed by atoms with Gasteiger partial charge in [-0.3, -0.25) is 0 Å². The van der Waals surface area contributed by atoms with E-state index in [4.69, 9.17) is 4.42 Å². The highest BCUT2D eigenvalue weighted by Gasteiger charge is 2.22. The summed E-state index contributed by atoms with van der Waals surface area (Å²) in [7, 11) is -1.24. The summed E-state index contributed by atoms with van der Waals surface area (Å²) in [6, 6.07) is 1.95. The molecule has 0 amide bonds. The maximum atomic E-state index is 5.34. The number of furan rings is 1. The summed E-state index contributed by atoms with van der Waals surface area (Å²) in [6.07, 6.45) is 1.73. The number of rotatable bonds is 1. The van der Waals surface area contributed by atoms with Crippen molar-refractivity contribution in [2.75, 3.05) is 0 Å². The van der Waals surface area contributed by atoms with Crippen molar-refractivity contribution in [3.05, 3.63) is 16.8 Å². The molecule has 0 bridgehead atoms. The van der Waals surface area contributed by atoms with Crippen molar-refractivity contribution < 1.29 is 4.42 Å². The van der Waals surface area contributed by atoms with Gasteiger partial charge in [-0.2, -0.15) is 0 Å². The maximum Gasteiger partial charge on any atom is 0.124 e. The Morgan fingerprint density at radius 3 is 2.20 bits per heavy atom. The Hall–Kier alpha value is -0.0231. The smallest absolute Gasteiger partial charge is 0.124 e. The van der Waals surface area contributed by atoms with Crippen molar-refractivity contribution in [1.29, 1.82) is 0 Å². The molecule has 0 fully saturated rings. The molecule has 0 aliphatic heterocycles. The SMILES string of the molecule is C[Si](C)(C)c1occc1Br. The van der Waals surface area contributed by atoms with Crippen molar-refractivity contribution >= 4 is 29.4 Å². The molecule has 0 saturated heterocycles. The van der Waals surface area contributed by atoms with Crippen LogP contribution in [0.2, 0.25) is 19.6 Å². The van der Waals surface area contributed by atoms with Gasteiger partial charge in [0.1, 0.15) is 8.07 Å². The van der Waals surface area contributed by atoms with Crippen LogP contribution in [0.3, 0.4) is 0 Å². The largest absolute Gasteiger partial charge is 0.473 e. The molecule has 1 nitrogen and oxygen atoms in total. The van der Waals surface area contributed by atoms with Crippen molar-refractivity contribution in [3.8, 4) is 0 Å². The van der Waals surface area contributed by atoms with Gasteiger partial charge in [0, 0.05) is 0 Å². The summed E-state index contributed by atoms with van der Waals surface area (Å²) in [5.74, 6) is 0. The third-order valence-electron chi connectivity index (χ3n) is 1.30. The van der Waals surface area contributed by atoms with Gasteiger partial charge in [-0.05, 0) is 22.0 Å². The zero-order valence-corrected chi connectivity index (χ0v) is 9.03. The van der Waals surface area contributed by atoms with Crippen LogP contribution in [0.1, 0.15) is 0 Å². The van der Waals surface area contributed by atoms with Crippen LogP contribution in [-0.2, 0) is 0 Å². The molecule has 1 heterocycles. The first-order chi connectivity index (χ1) is 4.52. The lowest BCUT2D eigenvalue weighted by atomic mass is 10.7. The van der Waals surface area contributed by atoms with Gasteiger partial charge in [0.2, 0.25) is 0 Å². The average molecular weight is 219 g/mol. The molecule has 0 saturated carbocycles. The predicted molar refractivity (Wildman–Crippen MR) is 49.4 cm³/mol. The van der Waals surface area contributed by atoms with Crippen molar-refractivity contribution in [1.82, 2.24) is 0 Å². The minimum atomic E-state index is -1.24. The number of hydrogen-bond acceptors (Lipinski definition) is 1. The fourth-order valence-electron chi connectivity index (χ4n) is 0.829. The van der Waals surface area contributed by atoms with E-state index in [2.05, 4.69) is 35.6 Å². The summed E-state index contributed by atoms with van der Waals surface area (Å²) in [5, 5.41) is 1.15. The number of halogens is 1. The van der Waals surface area contributed by atoms with Crippen LogP contribution in [-0.4, -0.2) is 8.07 Å². The molecule has 0 unspecified atom stereocenters. The highest BCUT2D eigenvalue weighted by Crippen LogP contribution is 2.13. The van der Waals surface area contributed by atoms with E-state index >= 15 is 0 Å². The van der Waals surface area contributed by atoms with Crippen LogP contribution < -0.4 is 5.38 Å². The van der Waals surface area contributed by atoms with E-state index in [9.17, 15) is 0 Å². The summed E-state index contributed by atoms with van der Waals surface area (Å²) in [4.78, 5) is 0. The Labute approximate surface area is 70.6 Å². The van der Waals surface area contributed by atoms with Crippen LogP contribution in [0.5, 0.6) is 0 Å². The van der Waals surface area contributed by atoms with E-state index < -0.39 is 8.07 Å². The molecule has 1 aromatic rings. The van der Waals surface area contributed by atoms with Gasteiger partial charge in [-0.25, -0.2) is 0 Å². The second kappa shape index (κ2) is 2.55. The minimum Gasteiger partial charge on any atom is -0.473 e. The van der Waals surface area contributed by atoms with E-state index in [0.717, 1.165) is 9.86 Å². The van der Waals surface area contributed by atoms with Crippen molar-refractivity contribution in [2.45, 2.75) is 19.6 Å². The average Bonchev–Trinajstić information content (AvgIpc) is 2.11. The Bertz CT molecular complexity index is 224. The lowest BCUT2D eigenvalue weighted by molar-refractivity contribution is 0.596. The van der Waals surface area contributed by atoms with Crippen LogP contribution in [0.15, 0.2) is 21.2 Å². The highest BCUT2D eigenvalue weighted by molar-refractivity contribution is 9.10. The highest BCUT2D eigenvalue weighted by atomic mass is 79.9. The fraction of sp³-hybridized carbons (Fsp3) is 0.429. The predicted octanol–water partition coefficient (Wildman–Crippen LogP) is 2.59. The first-order valence-electron chi connectivity index (χ1n) is 3.25. The molecule has 0 N–H and O–H groups in total. The summed E-state index contributed by atoms with van der Waals surface area (Å²) >= 11 is 3.44. The summed E-state index contributed by atoms with van der Waals surface area (Å²) in [5.41, 5.74) is 0. The van der Waals surface area contributed by atoms with Gasteiger partial charge in [0.05, 0.1) is 16.1 Å². The zero-order chi connectivity index (χ0) is 7.78. The molecule has 56 valence electrons. The monoisotopic (exact) mass is 218 g/mol. The summed E-state index contributed by atoms with van der Waals surface area (Å²) < 4.78 is 6.46. The lowest BCUT2D eigenvalue weighted by Crippen LogP contribution is -2.37. The standard InChI is InChI=1S/C7H11BrOSi/c1-10(2,3)7-6(8)4-5-9-7/h4-5H,1-3H3. The van der Waals surface area contributed by atoms with Crippen LogP contribution in [0.25, 0.3) is 0 Å². The van der Waals surface area contributed by atoms with Gasteiger partial charge in [-0.15, -0.1) is 0 Å². The molecule has 10 heavy (non-hydrogen) atoms. The van der Waals surface area contributed by atoms with E-state index in [0.29, 0.717) is 0 Å². The Morgan fingerprint density at radius 2 is 2.00 bits per heavy atom. The van der Waals surface area contributed by atoms with Crippen LogP contribution in [0.4, 0.5) is 0 Å². The summed E-state index contributed by atoms with van der Waals surface area (Å²) in [6.45, 7) is 6.78.